The number of rotatable bonds is 3. The van der Waals surface area contributed by atoms with Gasteiger partial charge in [-0.15, -0.1) is 11.3 Å². The fourth-order valence-electron chi connectivity index (χ4n) is 2.96. The van der Waals surface area contributed by atoms with Gasteiger partial charge in [0.1, 0.15) is 6.10 Å². The van der Waals surface area contributed by atoms with E-state index in [-0.39, 0.29) is 11.7 Å². The minimum atomic E-state index is -0.0732. The highest BCUT2D eigenvalue weighted by molar-refractivity contribution is 7.10. The number of thiophene rings is 1. The van der Waals surface area contributed by atoms with Crippen LogP contribution in [0.1, 0.15) is 11.0 Å². The Morgan fingerprint density at radius 2 is 2.12 bits per heavy atom. The number of aromatic nitrogens is 3. The van der Waals surface area contributed by atoms with Gasteiger partial charge in [-0.3, -0.25) is 14.3 Å². The third-order valence-electron chi connectivity index (χ3n) is 4.30. The summed E-state index contributed by atoms with van der Waals surface area (Å²) in [5, 5.41) is 2.05. The Balaban J connectivity index is 1.69. The first-order valence-corrected chi connectivity index (χ1v) is 8.99. The molecule has 128 valence electrons. The van der Waals surface area contributed by atoms with Crippen molar-refractivity contribution in [1.82, 2.24) is 14.5 Å². The van der Waals surface area contributed by atoms with Gasteiger partial charge in [0.15, 0.2) is 0 Å². The Kier molecular flexibility index (Phi) is 4.33. The second-order valence-electron chi connectivity index (χ2n) is 5.90. The molecule has 4 rings (SSSR count). The first kappa shape index (κ1) is 16.0. The van der Waals surface area contributed by atoms with Gasteiger partial charge in [0, 0.05) is 42.5 Å². The van der Waals surface area contributed by atoms with Gasteiger partial charge in [-0.1, -0.05) is 6.07 Å². The molecule has 0 aromatic carbocycles. The third-order valence-corrected chi connectivity index (χ3v) is 5.26. The minimum Gasteiger partial charge on any atom is -0.369 e. The number of morpholine rings is 1. The van der Waals surface area contributed by atoms with Gasteiger partial charge < -0.3 is 9.64 Å². The van der Waals surface area contributed by atoms with Crippen molar-refractivity contribution in [2.24, 2.45) is 7.05 Å². The van der Waals surface area contributed by atoms with Crippen LogP contribution in [-0.2, 0) is 11.8 Å². The van der Waals surface area contributed by atoms with Crippen molar-refractivity contribution in [3.63, 3.8) is 0 Å². The molecule has 7 heteroatoms. The van der Waals surface area contributed by atoms with E-state index in [2.05, 4.69) is 21.3 Å². The van der Waals surface area contributed by atoms with Gasteiger partial charge >= 0.3 is 0 Å². The summed E-state index contributed by atoms with van der Waals surface area (Å²) in [6, 6.07) is 9.40. The molecule has 0 spiro atoms. The molecule has 0 saturated carbocycles. The van der Waals surface area contributed by atoms with Crippen molar-refractivity contribution >= 4 is 17.3 Å². The van der Waals surface area contributed by atoms with Crippen LogP contribution in [0.2, 0.25) is 0 Å². The summed E-state index contributed by atoms with van der Waals surface area (Å²) in [4.78, 5) is 24.5. The molecule has 1 aliphatic rings. The first-order valence-electron chi connectivity index (χ1n) is 8.11. The van der Waals surface area contributed by atoms with Crippen molar-refractivity contribution in [3.8, 4) is 11.3 Å². The van der Waals surface area contributed by atoms with Crippen LogP contribution >= 0.6 is 11.3 Å². The molecule has 1 atom stereocenters. The summed E-state index contributed by atoms with van der Waals surface area (Å²) in [7, 11) is 1.76. The maximum absolute atomic E-state index is 12.4. The SMILES string of the molecule is Cn1c(N2CCOC(c3cccs3)C2)nc(-c2ccncc2)cc1=O. The van der Waals surface area contributed by atoms with Crippen LogP contribution in [0, 0.1) is 0 Å². The lowest BCUT2D eigenvalue weighted by molar-refractivity contribution is 0.0413. The number of hydrogen-bond donors (Lipinski definition) is 0. The lowest BCUT2D eigenvalue weighted by Crippen LogP contribution is -2.41. The molecule has 25 heavy (non-hydrogen) atoms. The second kappa shape index (κ2) is 6.78. The fourth-order valence-corrected chi connectivity index (χ4v) is 3.72. The van der Waals surface area contributed by atoms with Crippen LogP contribution in [0.25, 0.3) is 11.3 Å². The zero-order valence-electron chi connectivity index (χ0n) is 13.8. The normalized spacial score (nSPS) is 17.6. The molecule has 0 N–H and O–H groups in total. The van der Waals surface area contributed by atoms with Crippen molar-refractivity contribution < 1.29 is 4.74 Å². The van der Waals surface area contributed by atoms with Gasteiger partial charge in [0.25, 0.3) is 5.56 Å². The van der Waals surface area contributed by atoms with E-state index in [4.69, 9.17) is 9.72 Å². The lowest BCUT2D eigenvalue weighted by Gasteiger charge is -2.34. The number of nitrogens with zero attached hydrogens (tertiary/aromatic N) is 4. The average Bonchev–Trinajstić information content (AvgIpc) is 3.19. The number of anilines is 1. The Morgan fingerprint density at radius 3 is 2.88 bits per heavy atom. The zero-order valence-corrected chi connectivity index (χ0v) is 14.6. The summed E-state index contributed by atoms with van der Waals surface area (Å²) < 4.78 is 7.50. The summed E-state index contributed by atoms with van der Waals surface area (Å²) in [6.45, 7) is 2.00. The van der Waals surface area contributed by atoms with E-state index in [9.17, 15) is 4.79 Å². The molecule has 3 aromatic rings. The van der Waals surface area contributed by atoms with E-state index >= 15 is 0 Å². The smallest absolute Gasteiger partial charge is 0.255 e. The molecule has 0 radical (unpaired) electrons. The van der Waals surface area contributed by atoms with E-state index in [1.165, 1.54) is 4.88 Å². The molecule has 1 fully saturated rings. The van der Waals surface area contributed by atoms with Crippen LogP contribution in [0.3, 0.4) is 0 Å². The van der Waals surface area contributed by atoms with Gasteiger partial charge in [0.05, 0.1) is 18.8 Å². The van der Waals surface area contributed by atoms with Crippen molar-refractivity contribution in [2.75, 3.05) is 24.6 Å². The Hall–Kier alpha value is -2.51. The molecule has 1 unspecified atom stereocenters. The molecular weight excluding hydrogens is 336 g/mol. The number of pyridine rings is 1. The summed E-state index contributed by atoms with van der Waals surface area (Å²) in [5.74, 6) is 0.671. The molecule has 0 aliphatic carbocycles. The van der Waals surface area contributed by atoms with E-state index in [1.54, 1.807) is 41.4 Å². The molecular formula is C18H18N4O2S. The minimum absolute atomic E-state index is 0.00948. The average molecular weight is 354 g/mol. The maximum atomic E-state index is 12.4. The molecule has 3 aromatic heterocycles. The van der Waals surface area contributed by atoms with Gasteiger partial charge in [-0.25, -0.2) is 4.98 Å². The van der Waals surface area contributed by atoms with E-state index < -0.39 is 0 Å². The van der Waals surface area contributed by atoms with Crippen LogP contribution in [0.5, 0.6) is 0 Å². The summed E-state index contributed by atoms with van der Waals surface area (Å²) >= 11 is 1.69. The van der Waals surface area contributed by atoms with E-state index in [1.807, 2.05) is 18.2 Å². The van der Waals surface area contributed by atoms with Crippen molar-refractivity contribution in [3.05, 3.63) is 63.3 Å². The highest BCUT2D eigenvalue weighted by Crippen LogP contribution is 2.28. The monoisotopic (exact) mass is 354 g/mol. The maximum Gasteiger partial charge on any atom is 0.255 e. The van der Waals surface area contributed by atoms with E-state index in [0.29, 0.717) is 31.3 Å². The Labute approximate surface area is 149 Å². The lowest BCUT2D eigenvalue weighted by atomic mass is 10.2. The Bertz CT molecular complexity index is 909. The predicted octanol–water partition coefficient (Wildman–Crippen LogP) is 2.48. The largest absolute Gasteiger partial charge is 0.369 e. The van der Waals surface area contributed by atoms with E-state index in [0.717, 1.165) is 5.56 Å². The van der Waals surface area contributed by atoms with Gasteiger partial charge in [-0.2, -0.15) is 0 Å². The summed E-state index contributed by atoms with van der Waals surface area (Å²) in [5.41, 5.74) is 1.48. The highest BCUT2D eigenvalue weighted by Gasteiger charge is 2.25. The molecule has 6 nitrogen and oxygen atoms in total. The van der Waals surface area contributed by atoms with Gasteiger partial charge in [-0.05, 0) is 23.6 Å². The van der Waals surface area contributed by atoms with Crippen molar-refractivity contribution in [1.29, 1.82) is 0 Å². The predicted molar refractivity (Wildman–Crippen MR) is 97.9 cm³/mol. The number of ether oxygens (including phenoxy) is 1. The van der Waals surface area contributed by atoms with Crippen LogP contribution in [0.15, 0.2) is 52.9 Å². The molecule has 4 heterocycles. The van der Waals surface area contributed by atoms with Crippen LogP contribution in [-0.4, -0.2) is 34.2 Å². The molecule has 1 saturated heterocycles. The third kappa shape index (κ3) is 3.20. The second-order valence-corrected chi connectivity index (χ2v) is 6.87. The Morgan fingerprint density at radius 1 is 1.28 bits per heavy atom. The summed E-state index contributed by atoms with van der Waals surface area (Å²) in [6.07, 6.45) is 3.42. The van der Waals surface area contributed by atoms with Gasteiger partial charge in [0.2, 0.25) is 5.95 Å². The zero-order chi connectivity index (χ0) is 17.2. The fraction of sp³-hybridized carbons (Fsp3) is 0.278. The van der Waals surface area contributed by atoms with Crippen LogP contribution in [0.4, 0.5) is 5.95 Å². The quantitative estimate of drug-likeness (QED) is 0.723. The molecule has 0 bridgehead atoms. The first-order chi connectivity index (χ1) is 12.2. The molecule has 0 amide bonds. The molecule has 1 aliphatic heterocycles. The standard InChI is InChI=1S/C18H18N4O2S/c1-21-17(23)11-14(13-4-6-19-7-5-13)20-18(21)22-8-9-24-15(12-22)16-3-2-10-25-16/h2-7,10-11,15H,8-9,12H2,1H3. The topological polar surface area (TPSA) is 60.2 Å². The number of hydrogen-bond acceptors (Lipinski definition) is 6. The van der Waals surface area contributed by atoms with Crippen LogP contribution < -0.4 is 10.5 Å². The highest BCUT2D eigenvalue weighted by atomic mass is 32.1. The van der Waals surface area contributed by atoms with Crippen molar-refractivity contribution in [2.45, 2.75) is 6.10 Å².